The first kappa shape index (κ1) is 11.5. The number of benzene rings is 1. The summed E-state index contributed by atoms with van der Waals surface area (Å²) in [7, 11) is 1.70. The molecular weight excluding hydrogens is 198 g/mol. The van der Waals surface area contributed by atoms with Gasteiger partial charge in [-0.05, 0) is 43.4 Å². The van der Waals surface area contributed by atoms with Crippen LogP contribution >= 0.6 is 0 Å². The van der Waals surface area contributed by atoms with Crippen LogP contribution in [0.4, 0.5) is 0 Å². The number of hydrogen-bond donors (Lipinski definition) is 1. The summed E-state index contributed by atoms with van der Waals surface area (Å²) in [5, 5.41) is 3.65. The largest absolute Gasteiger partial charge is 0.497 e. The van der Waals surface area contributed by atoms with Crippen molar-refractivity contribution in [2.45, 2.75) is 38.8 Å². The smallest absolute Gasteiger partial charge is 0.118 e. The third-order valence-electron chi connectivity index (χ3n) is 3.31. The second-order valence-electron chi connectivity index (χ2n) is 4.94. The van der Waals surface area contributed by atoms with E-state index < -0.39 is 0 Å². The van der Waals surface area contributed by atoms with E-state index in [2.05, 4.69) is 31.3 Å². The van der Waals surface area contributed by atoms with E-state index >= 15 is 0 Å². The Hall–Kier alpha value is -1.02. The summed E-state index contributed by atoms with van der Waals surface area (Å²) in [6.45, 7) is 4.56. The molecule has 0 aliphatic heterocycles. The predicted molar refractivity (Wildman–Crippen MR) is 66.9 cm³/mol. The molecule has 0 heterocycles. The Morgan fingerprint density at radius 3 is 2.50 bits per heavy atom. The lowest BCUT2D eigenvalue weighted by Gasteiger charge is -2.13. The van der Waals surface area contributed by atoms with Crippen molar-refractivity contribution in [3.63, 3.8) is 0 Å². The molecule has 2 nitrogen and oxygen atoms in total. The maximum atomic E-state index is 5.15. The van der Waals surface area contributed by atoms with Gasteiger partial charge in [-0.15, -0.1) is 0 Å². The fraction of sp³-hybridized carbons (Fsp3) is 0.571. The van der Waals surface area contributed by atoms with E-state index in [1.165, 1.54) is 12.0 Å². The van der Waals surface area contributed by atoms with Crippen molar-refractivity contribution in [3.8, 4) is 5.75 Å². The van der Waals surface area contributed by atoms with E-state index in [9.17, 15) is 0 Å². The molecule has 2 rings (SSSR count). The van der Waals surface area contributed by atoms with Crippen LogP contribution in [0.5, 0.6) is 5.75 Å². The molecule has 1 saturated carbocycles. The molecule has 1 aromatic carbocycles. The molecule has 3 atom stereocenters. The first-order chi connectivity index (χ1) is 7.69. The van der Waals surface area contributed by atoms with Crippen molar-refractivity contribution in [2.24, 2.45) is 5.92 Å². The summed E-state index contributed by atoms with van der Waals surface area (Å²) in [6.07, 6.45) is 2.43. The maximum absolute atomic E-state index is 5.15. The van der Waals surface area contributed by atoms with E-state index in [0.29, 0.717) is 6.04 Å². The number of ether oxygens (including phenoxy) is 1. The number of rotatable bonds is 5. The molecule has 0 radical (unpaired) electrons. The zero-order valence-corrected chi connectivity index (χ0v) is 10.4. The Balaban J connectivity index is 1.83. The average Bonchev–Trinajstić information content (AvgIpc) is 2.95. The second-order valence-corrected chi connectivity index (χ2v) is 4.94. The van der Waals surface area contributed by atoms with Crippen LogP contribution in [0.1, 0.15) is 25.8 Å². The van der Waals surface area contributed by atoms with Gasteiger partial charge in [0.2, 0.25) is 0 Å². The minimum absolute atomic E-state index is 0.559. The molecular formula is C14H21NO. The van der Waals surface area contributed by atoms with Crippen LogP contribution in [-0.4, -0.2) is 19.2 Å². The van der Waals surface area contributed by atoms with Gasteiger partial charge in [0.05, 0.1) is 7.11 Å². The molecule has 3 unspecified atom stereocenters. The second kappa shape index (κ2) is 4.88. The molecule has 2 heteroatoms. The van der Waals surface area contributed by atoms with E-state index in [1.54, 1.807) is 7.11 Å². The molecule has 0 saturated heterocycles. The van der Waals surface area contributed by atoms with Gasteiger partial charge in [-0.1, -0.05) is 19.1 Å². The highest BCUT2D eigenvalue weighted by molar-refractivity contribution is 5.27. The lowest BCUT2D eigenvalue weighted by atomic mass is 10.1. The van der Waals surface area contributed by atoms with Crippen LogP contribution in [0.3, 0.4) is 0 Å². The molecule has 0 bridgehead atoms. The van der Waals surface area contributed by atoms with Crippen molar-refractivity contribution >= 4 is 0 Å². The highest BCUT2D eigenvalue weighted by Crippen LogP contribution is 2.29. The minimum atomic E-state index is 0.559. The molecule has 1 fully saturated rings. The summed E-state index contributed by atoms with van der Waals surface area (Å²) in [5.74, 6) is 1.80. The zero-order chi connectivity index (χ0) is 11.5. The molecule has 0 spiro atoms. The summed E-state index contributed by atoms with van der Waals surface area (Å²) >= 11 is 0. The monoisotopic (exact) mass is 219 g/mol. The number of hydrogen-bond acceptors (Lipinski definition) is 2. The van der Waals surface area contributed by atoms with Gasteiger partial charge in [-0.25, -0.2) is 0 Å². The Labute approximate surface area is 98.0 Å². The number of nitrogens with one attached hydrogen (secondary N) is 1. The normalized spacial score (nSPS) is 25.2. The highest BCUT2D eigenvalue weighted by Gasteiger charge is 2.32. The van der Waals surface area contributed by atoms with Crippen LogP contribution < -0.4 is 10.1 Å². The van der Waals surface area contributed by atoms with Crippen molar-refractivity contribution in [3.05, 3.63) is 29.8 Å². The first-order valence-corrected chi connectivity index (χ1v) is 6.08. The molecule has 1 aliphatic carbocycles. The molecule has 1 N–H and O–H groups in total. The topological polar surface area (TPSA) is 21.3 Å². The molecule has 1 aliphatic rings. The maximum Gasteiger partial charge on any atom is 0.118 e. The third kappa shape index (κ3) is 2.99. The quantitative estimate of drug-likeness (QED) is 0.822. The summed E-state index contributed by atoms with van der Waals surface area (Å²) < 4.78 is 5.15. The average molecular weight is 219 g/mol. The van der Waals surface area contributed by atoms with Gasteiger partial charge in [0.25, 0.3) is 0 Å². The van der Waals surface area contributed by atoms with Crippen molar-refractivity contribution in [1.29, 1.82) is 0 Å². The van der Waals surface area contributed by atoms with Crippen LogP contribution in [0.25, 0.3) is 0 Å². The zero-order valence-electron chi connectivity index (χ0n) is 10.4. The van der Waals surface area contributed by atoms with Gasteiger partial charge in [0.15, 0.2) is 0 Å². The van der Waals surface area contributed by atoms with E-state index in [4.69, 9.17) is 4.74 Å². The highest BCUT2D eigenvalue weighted by atomic mass is 16.5. The molecule has 1 aromatic rings. The van der Waals surface area contributed by atoms with Crippen molar-refractivity contribution in [1.82, 2.24) is 5.32 Å². The molecule has 0 amide bonds. The Bertz CT molecular complexity index is 333. The van der Waals surface area contributed by atoms with Gasteiger partial charge in [-0.3, -0.25) is 0 Å². The lowest BCUT2D eigenvalue weighted by Crippen LogP contribution is -2.30. The third-order valence-corrected chi connectivity index (χ3v) is 3.31. The summed E-state index contributed by atoms with van der Waals surface area (Å²) in [5.41, 5.74) is 1.37. The summed E-state index contributed by atoms with van der Waals surface area (Å²) in [4.78, 5) is 0. The molecule has 16 heavy (non-hydrogen) atoms. The van der Waals surface area contributed by atoms with Crippen LogP contribution in [0.2, 0.25) is 0 Å². The Morgan fingerprint density at radius 1 is 1.38 bits per heavy atom. The van der Waals surface area contributed by atoms with E-state index in [-0.39, 0.29) is 0 Å². The first-order valence-electron chi connectivity index (χ1n) is 6.08. The van der Waals surface area contributed by atoms with Crippen LogP contribution in [0, 0.1) is 5.92 Å². The Morgan fingerprint density at radius 2 is 2.00 bits per heavy atom. The SMILES string of the molecule is COc1ccc(CC(C)NC2CC2C)cc1. The minimum Gasteiger partial charge on any atom is -0.497 e. The molecule has 88 valence electrons. The van der Waals surface area contributed by atoms with Gasteiger partial charge >= 0.3 is 0 Å². The lowest BCUT2D eigenvalue weighted by molar-refractivity contribution is 0.414. The molecule has 0 aromatic heterocycles. The standard InChI is InChI=1S/C14H21NO/c1-10-8-14(10)15-11(2)9-12-4-6-13(16-3)7-5-12/h4-7,10-11,14-15H,8-9H2,1-3H3. The fourth-order valence-electron chi connectivity index (χ4n) is 2.09. The van der Waals surface area contributed by atoms with E-state index in [0.717, 1.165) is 24.1 Å². The van der Waals surface area contributed by atoms with Crippen molar-refractivity contribution < 1.29 is 4.74 Å². The van der Waals surface area contributed by atoms with Crippen molar-refractivity contribution in [2.75, 3.05) is 7.11 Å². The van der Waals surface area contributed by atoms with Gasteiger partial charge in [-0.2, -0.15) is 0 Å². The summed E-state index contributed by atoms with van der Waals surface area (Å²) in [6, 6.07) is 9.67. The van der Waals surface area contributed by atoms with Crippen LogP contribution in [0.15, 0.2) is 24.3 Å². The van der Waals surface area contributed by atoms with E-state index in [1.807, 2.05) is 12.1 Å². The van der Waals surface area contributed by atoms with Gasteiger partial charge in [0.1, 0.15) is 5.75 Å². The fourth-order valence-corrected chi connectivity index (χ4v) is 2.09. The predicted octanol–water partition coefficient (Wildman–Crippen LogP) is 2.62. The number of methoxy groups -OCH3 is 1. The Kier molecular flexibility index (Phi) is 3.49. The van der Waals surface area contributed by atoms with Gasteiger partial charge in [0, 0.05) is 12.1 Å². The van der Waals surface area contributed by atoms with Gasteiger partial charge < -0.3 is 10.1 Å². The van der Waals surface area contributed by atoms with Crippen LogP contribution in [-0.2, 0) is 6.42 Å².